The van der Waals surface area contributed by atoms with Crippen LogP contribution in [0, 0.1) is 0 Å². The van der Waals surface area contributed by atoms with E-state index in [0.717, 1.165) is 11.8 Å². The Morgan fingerprint density at radius 3 is 2.17 bits per heavy atom. The Hall–Kier alpha value is -1.34. The molecule has 0 radical (unpaired) electrons. The number of hydrogen-bond donors (Lipinski definition) is 0. The van der Waals surface area contributed by atoms with Crippen LogP contribution in [-0.4, -0.2) is 73.4 Å². The van der Waals surface area contributed by atoms with Crippen molar-refractivity contribution in [3.05, 3.63) is 35.9 Å². The van der Waals surface area contributed by atoms with Gasteiger partial charge in [-0.15, -0.1) is 0 Å². The Morgan fingerprint density at radius 2 is 1.69 bits per heavy atom. The van der Waals surface area contributed by atoms with Gasteiger partial charge in [-0.05, 0) is 37.5 Å². The molecule has 0 unspecified atom stereocenters. The Kier molecular flexibility index (Phi) is 9.94. The average Bonchev–Trinajstić information content (AvgIpc) is 2.74. The zero-order valence-corrected chi connectivity index (χ0v) is 24.9. The first kappa shape index (κ1) is 30.9. The number of ether oxygens (including phenoxy) is 4. The predicted octanol–water partition coefficient (Wildman–Crippen LogP) is 4.19. The van der Waals surface area contributed by atoms with E-state index in [1.165, 1.54) is 14.2 Å². The standard InChI is InChI=1S/C25H42O9SSi/c1-24(2,3)36(9,10)34-20(17-14-12-11-13-15-17)22(30-7)23-21(33-35(8,27)28)18(16-19(26)29-6)31-25(4,5)32-23/h11-15,18,20-23H,16H2,1-10H3/t18-,20-,21-,22+,23-/m1/s1. The lowest BCUT2D eigenvalue weighted by molar-refractivity contribution is -0.345. The summed E-state index contributed by atoms with van der Waals surface area (Å²) in [5.74, 6) is -1.74. The smallest absolute Gasteiger partial charge is 0.308 e. The number of esters is 1. The minimum absolute atomic E-state index is 0.107. The summed E-state index contributed by atoms with van der Waals surface area (Å²) < 4.78 is 60.1. The highest BCUT2D eigenvalue weighted by Crippen LogP contribution is 2.43. The van der Waals surface area contributed by atoms with Gasteiger partial charge in [0.25, 0.3) is 10.1 Å². The molecule has 11 heteroatoms. The second-order valence-electron chi connectivity index (χ2n) is 11.1. The first-order chi connectivity index (χ1) is 16.4. The second kappa shape index (κ2) is 11.6. The van der Waals surface area contributed by atoms with Crippen LogP contribution in [0.25, 0.3) is 0 Å². The van der Waals surface area contributed by atoms with E-state index in [9.17, 15) is 13.2 Å². The molecule has 0 amide bonds. The minimum Gasteiger partial charge on any atom is -0.469 e. The molecule has 36 heavy (non-hydrogen) atoms. The third kappa shape index (κ3) is 8.08. The topological polar surface area (TPSA) is 107 Å². The third-order valence-corrected chi connectivity index (χ3v) is 11.7. The summed E-state index contributed by atoms with van der Waals surface area (Å²) in [6.45, 7) is 14.1. The largest absolute Gasteiger partial charge is 0.469 e. The molecule has 0 spiro atoms. The first-order valence-electron chi connectivity index (χ1n) is 12.0. The molecular formula is C25H42O9SSi. The molecule has 1 saturated heterocycles. The molecule has 5 atom stereocenters. The van der Waals surface area contributed by atoms with Crippen molar-refractivity contribution in [3.63, 3.8) is 0 Å². The Bertz CT molecular complexity index is 973. The van der Waals surface area contributed by atoms with E-state index in [-0.39, 0.29) is 11.5 Å². The summed E-state index contributed by atoms with van der Waals surface area (Å²) >= 11 is 0. The van der Waals surface area contributed by atoms with Gasteiger partial charge in [0.2, 0.25) is 0 Å². The van der Waals surface area contributed by atoms with Crippen LogP contribution < -0.4 is 0 Å². The SMILES string of the molecule is COC(=O)C[C@H]1OC(C)(C)O[C@@H]([C@@H](OC)[C@H](O[Si](C)(C)C(C)(C)C)c2ccccc2)[C@@H]1OS(C)(=O)=O. The van der Waals surface area contributed by atoms with Gasteiger partial charge in [0.15, 0.2) is 14.1 Å². The number of benzene rings is 1. The zero-order chi connectivity index (χ0) is 27.5. The Morgan fingerprint density at radius 1 is 1.11 bits per heavy atom. The van der Waals surface area contributed by atoms with Crippen LogP contribution in [0.3, 0.4) is 0 Å². The highest BCUT2D eigenvalue weighted by atomic mass is 32.2. The number of methoxy groups -OCH3 is 2. The van der Waals surface area contributed by atoms with E-state index >= 15 is 0 Å². The van der Waals surface area contributed by atoms with Crippen LogP contribution in [0.2, 0.25) is 18.1 Å². The maximum Gasteiger partial charge on any atom is 0.308 e. The molecule has 0 bridgehead atoms. The van der Waals surface area contributed by atoms with E-state index in [4.69, 9.17) is 27.6 Å². The molecule has 1 aromatic carbocycles. The van der Waals surface area contributed by atoms with Gasteiger partial charge in [-0.25, -0.2) is 0 Å². The van der Waals surface area contributed by atoms with Crippen molar-refractivity contribution in [1.29, 1.82) is 0 Å². The van der Waals surface area contributed by atoms with Crippen molar-refractivity contribution in [2.24, 2.45) is 0 Å². The van der Waals surface area contributed by atoms with Crippen molar-refractivity contribution in [2.45, 2.75) is 95.5 Å². The summed E-state index contributed by atoms with van der Waals surface area (Å²) in [6, 6.07) is 9.59. The normalized spacial score (nSPS) is 24.7. The number of rotatable bonds is 10. The van der Waals surface area contributed by atoms with Gasteiger partial charge in [0, 0.05) is 7.11 Å². The predicted molar refractivity (Wildman–Crippen MR) is 138 cm³/mol. The number of hydrogen-bond acceptors (Lipinski definition) is 9. The summed E-state index contributed by atoms with van der Waals surface area (Å²) in [7, 11) is -3.53. The number of carbonyl (C=O) groups is 1. The second-order valence-corrected chi connectivity index (χ2v) is 17.5. The van der Waals surface area contributed by atoms with Gasteiger partial charge < -0.3 is 23.4 Å². The maximum absolute atomic E-state index is 12.3. The Balaban J connectivity index is 2.64. The fourth-order valence-corrected chi connectivity index (χ4v) is 5.83. The third-order valence-electron chi connectivity index (χ3n) is 6.68. The molecule has 0 aliphatic carbocycles. The molecule has 0 saturated carbocycles. The molecule has 0 aromatic heterocycles. The maximum atomic E-state index is 12.3. The first-order valence-corrected chi connectivity index (χ1v) is 16.7. The lowest BCUT2D eigenvalue weighted by Gasteiger charge is -2.49. The molecule has 1 aliphatic rings. The van der Waals surface area contributed by atoms with Crippen LogP contribution in [0.1, 0.15) is 52.7 Å². The lowest BCUT2D eigenvalue weighted by atomic mass is 9.92. The fraction of sp³-hybridized carbons (Fsp3) is 0.720. The van der Waals surface area contributed by atoms with E-state index < -0.39 is 60.7 Å². The van der Waals surface area contributed by atoms with Gasteiger partial charge in [-0.3, -0.25) is 8.98 Å². The molecule has 1 aliphatic heterocycles. The molecule has 0 N–H and O–H groups in total. The van der Waals surface area contributed by atoms with E-state index in [1.807, 2.05) is 30.3 Å². The van der Waals surface area contributed by atoms with Crippen LogP contribution >= 0.6 is 0 Å². The van der Waals surface area contributed by atoms with Gasteiger partial charge in [-0.2, -0.15) is 8.42 Å². The summed E-state index contributed by atoms with van der Waals surface area (Å²) in [5, 5.41) is -0.107. The molecule has 206 valence electrons. The van der Waals surface area contributed by atoms with Crippen molar-refractivity contribution in [3.8, 4) is 0 Å². The van der Waals surface area contributed by atoms with Crippen molar-refractivity contribution in [1.82, 2.24) is 0 Å². The van der Waals surface area contributed by atoms with Crippen LogP contribution in [0.4, 0.5) is 0 Å². The molecular weight excluding hydrogens is 504 g/mol. The van der Waals surface area contributed by atoms with Gasteiger partial charge in [0.1, 0.15) is 24.4 Å². The molecule has 1 aromatic rings. The van der Waals surface area contributed by atoms with Crippen molar-refractivity contribution < 1.29 is 40.8 Å². The highest BCUT2D eigenvalue weighted by Gasteiger charge is 2.53. The molecule has 1 heterocycles. The van der Waals surface area contributed by atoms with Crippen LogP contribution in [0.15, 0.2) is 30.3 Å². The van der Waals surface area contributed by atoms with Gasteiger partial charge in [-0.1, -0.05) is 51.1 Å². The van der Waals surface area contributed by atoms with E-state index in [0.29, 0.717) is 0 Å². The van der Waals surface area contributed by atoms with Gasteiger partial charge >= 0.3 is 5.97 Å². The highest BCUT2D eigenvalue weighted by molar-refractivity contribution is 7.86. The van der Waals surface area contributed by atoms with E-state index in [1.54, 1.807) is 13.8 Å². The lowest BCUT2D eigenvalue weighted by Crippen LogP contribution is -2.61. The van der Waals surface area contributed by atoms with Crippen LogP contribution in [-0.2, 0) is 42.5 Å². The molecule has 1 fully saturated rings. The molecule has 9 nitrogen and oxygen atoms in total. The monoisotopic (exact) mass is 546 g/mol. The summed E-state index contributed by atoms with van der Waals surface area (Å²) in [6.07, 6.45) is -3.80. The average molecular weight is 547 g/mol. The minimum atomic E-state index is -3.96. The summed E-state index contributed by atoms with van der Waals surface area (Å²) in [5.41, 5.74) is 0.852. The Labute approximate surface area is 217 Å². The molecule has 2 rings (SSSR count). The zero-order valence-electron chi connectivity index (χ0n) is 23.1. The van der Waals surface area contributed by atoms with Crippen LogP contribution in [0.5, 0.6) is 0 Å². The quantitative estimate of drug-likeness (QED) is 0.242. The number of carbonyl (C=O) groups excluding carboxylic acids is 1. The van der Waals surface area contributed by atoms with E-state index in [2.05, 4.69) is 33.9 Å². The van der Waals surface area contributed by atoms with Gasteiger partial charge in [0.05, 0.1) is 25.9 Å². The fourth-order valence-electron chi connectivity index (χ4n) is 3.94. The van der Waals surface area contributed by atoms with Crippen molar-refractivity contribution >= 4 is 24.4 Å². The summed E-state index contributed by atoms with van der Waals surface area (Å²) in [4.78, 5) is 12.2. The van der Waals surface area contributed by atoms with Crippen molar-refractivity contribution in [2.75, 3.05) is 20.5 Å².